The molecule has 2 rings (SSSR count). The number of nitrogens with one attached hydrogen (secondary N) is 1. The highest BCUT2D eigenvalue weighted by molar-refractivity contribution is 9.10. The summed E-state index contributed by atoms with van der Waals surface area (Å²) in [6, 6.07) is 12.5. The summed E-state index contributed by atoms with van der Waals surface area (Å²) in [6.07, 6.45) is 1.01. The Balaban J connectivity index is 1.62. The highest BCUT2D eigenvalue weighted by Gasteiger charge is 2.06. The van der Waals surface area contributed by atoms with Crippen LogP contribution in [0.1, 0.15) is 24.3 Å². The first-order valence-electron chi connectivity index (χ1n) is 6.41. The van der Waals surface area contributed by atoms with Crippen molar-refractivity contribution in [3.63, 3.8) is 0 Å². The van der Waals surface area contributed by atoms with Gasteiger partial charge in [0.2, 0.25) is 0 Å². The number of halogens is 1. The molecule has 0 saturated heterocycles. The molecule has 1 heterocycles. The molecule has 4 heteroatoms. The third kappa shape index (κ3) is 4.97. The van der Waals surface area contributed by atoms with Crippen LogP contribution >= 0.6 is 27.3 Å². The molecule has 102 valence electrons. The van der Waals surface area contributed by atoms with E-state index in [-0.39, 0.29) is 0 Å². The van der Waals surface area contributed by atoms with Crippen LogP contribution in [0.5, 0.6) is 5.75 Å². The summed E-state index contributed by atoms with van der Waals surface area (Å²) >= 11 is 5.26. The van der Waals surface area contributed by atoms with Crippen LogP contribution in [0.25, 0.3) is 0 Å². The lowest BCUT2D eigenvalue weighted by Gasteiger charge is -2.12. The average molecular weight is 340 g/mol. The summed E-state index contributed by atoms with van der Waals surface area (Å²) in [5, 5.41) is 5.63. The molecular weight excluding hydrogens is 322 g/mol. The average Bonchev–Trinajstić information content (AvgIpc) is 2.86. The minimum Gasteiger partial charge on any atom is -0.494 e. The Hall–Kier alpha value is -0.840. The Morgan fingerprint density at radius 2 is 2.11 bits per heavy atom. The van der Waals surface area contributed by atoms with Crippen LogP contribution in [0, 0.1) is 0 Å². The molecule has 2 nitrogen and oxygen atoms in total. The van der Waals surface area contributed by atoms with Gasteiger partial charge in [0.05, 0.1) is 6.61 Å². The van der Waals surface area contributed by atoms with E-state index in [0.717, 1.165) is 29.8 Å². The third-order valence-electron chi connectivity index (χ3n) is 2.80. The Morgan fingerprint density at radius 3 is 2.79 bits per heavy atom. The first kappa shape index (κ1) is 14.6. The molecule has 2 aromatic rings. The van der Waals surface area contributed by atoms with Crippen LogP contribution in [0.4, 0.5) is 0 Å². The fraction of sp³-hybridized carbons (Fsp3) is 0.333. The lowest BCUT2D eigenvalue weighted by Crippen LogP contribution is -2.20. The van der Waals surface area contributed by atoms with Gasteiger partial charge in [0.25, 0.3) is 0 Å². The molecule has 0 bridgehead atoms. The molecule has 19 heavy (non-hydrogen) atoms. The van der Waals surface area contributed by atoms with Crippen molar-refractivity contribution in [2.45, 2.75) is 19.4 Å². The normalized spacial score (nSPS) is 12.3. The molecule has 0 aliphatic rings. The highest BCUT2D eigenvalue weighted by Crippen LogP contribution is 2.25. The van der Waals surface area contributed by atoms with Gasteiger partial charge in [0.15, 0.2) is 0 Å². The van der Waals surface area contributed by atoms with Gasteiger partial charge in [0.1, 0.15) is 5.75 Å². The maximum absolute atomic E-state index is 5.65. The van der Waals surface area contributed by atoms with Gasteiger partial charge in [-0.3, -0.25) is 0 Å². The van der Waals surface area contributed by atoms with Crippen molar-refractivity contribution in [1.82, 2.24) is 5.32 Å². The van der Waals surface area contributed by atoms with Crippen molar-refractivity contribution in [3.8, 4) is 5.75 Å². The molecule has 0 aliphatic carbocycles. The zero-order chi connectivity index (χ0) is 13.5. The van der Waals surface area contributed by atoms with E-state index in [1.807, 2.05) is 30.3 Å². The fourth-order valence-electron chi connectivity index (χ4n) is 1.75. The second kappa shape index (κ2) is 7.68. The molecule has 0 fully saturated rings. The molecule has 1 N–H and O–H groups in total. The molecular formula is C15H18BrNOS. The van der Waals surface area contributed by atoms with E-state index in [4.69, 9.17) is 4.74 Å². The summed E-state index contributed by atoms with van der Waals surface area (Å²) in [4.78, 5) is 1.36. The largest absolute Gasteiger partial charge is 0.494 e. The highest BCUT2D eigenvalue weighted by atomic mass is 79.9. The SMILES string of the molecule is CC(NCCCOc1ccccc1)c1cc(Br)cs1. The number of hydrogen-bond acceptors (Lipinski definition) is 3. The molecule has 0 saturated carbocycles. The topological polar surface area (TPSA) is 21.3 Å². The molecule has 1 aromatic heterocycles. The van der Waals surface area contributed by atoms with Gasteiger partial charge in [-0.05, 0) is 54.0 Å². The van der Waals surface area contributed by atoms with Gasteiger partial charge in [-0.1, -0.05) is 18.2 Å². The first-order chi connectivity index (χ1) is 9.25. The fourth-order valence-corrected chi connectivity index (χ4v) is 3.23. The summed E-state index contributed by atoms with van der Waals surface area (Å²) in [6.45, 7) is 3.90. The Bertz CT molecular complexity index is 486. The lowest BCUT2D eigenvalue weighted by atomic mass is 10.2. The van der Waals surface area contributed by atoms with Crippen LogP contribution in [0.15, 0.2) is 46.3 Å². The molecule has 1 unspecified atom stereocenters. The number of rotatable bonds is 7. The van der Waals surface area contributed by atoms with Crippen LogP contribution in [0.2, 0.25) is 0 Å². The number of para-hydroxylation sites is 1. The second-order valence-electron chi connectivity index (χ2n) is 4.36. The van der Waals surface area contributed by atoms with Gasteiger partial charge in [-0.15, -0.1) is 11.3 Å². The van der Waals surface area contributed by atoms with Crippen LogP contribution in [-0.2, 0) is 0 Å². The van der Waals surface area contributed by atoms with Gasteiger partial charge < -0.3 is 10.1 Å². The summed E-state index contributed by atoms with van der Waals surface area (Å²) in [5.74, 6) is 0.942. The van der Waals surface area contributed by atoms with Gasteiger partial charge in [0, 0.05) is 20.8 Å². The second-order valence-corrected chi connectivity index (χ2v) is 6.22. The summed E-state index contributed by atoms with van der Waals surface area (Å²) in [7, 11) is 0. The monoisotopic (exact) mass is 339 g/mol. The van der Waals surface area contributed by atoms with Gasteiger partial charge >= 0.3 is 0 Å². The Labute approximate surface area is 126 Å². The van der Waals surface area contributed by atoms with Crippen molar-refractivity contribution in [2.24, 2.45) is 0 Å². The molecule has 0 amide bonds. The minimum absolute atomic E-state index is 0.396. The first-order valence-corrected chi connectivity index (χ1v) is 8.08. The minimum atomic E-state index is 0.396. The van der Waals surface area contributed by atoms with Crippen LogP contribution in [-0.4, -0.2) is 13.2 Å². The number of hydrogen-bond donors (Lipinski definition) is 1. The number of ether oxygens (including phenoxy) is 1. The van der Waals surface area contributed by atoms with Crippen molar-refractivity contribution >= 4 is 27.3 Å². The van der Waals surface area contributed by atoms with Crippen molar-refractivity contribution in [1.29, 1.82) is 0 Å². The number of thiophene rings is 1. The van der Waals surface area contributed by atoms with E-state index in [0.29, 0.717) is 6.04 Å². The van der Waals surface area contributed by atoms with Gasteiger partial charge in [-0.25, -0.2) is 0 Å². The quantitative estimate of drug-likeness (QED) is 0.742. The zero-order valence-electron chi connectivity index (χ0n) is 10.9. The van der Waals surface area contributed by atoms with Gasteiger partial charge in [-0.2, -0.15) is 0 Å². The predicted octanol–water partition coefficient (Wildman–Crippen LogP) is 4.63. The van der Waals surface area contributed by atoms with Crippen molar-refractivity contribution in [2.75, 3.05) is 13.2 Å². The maximum Gasteiger partial charge on any atom is 0.119 e. The standard InChI is InChI=1S/C15H18BrNOS/c1-12(15-10-13(16)11-19-15)17-8-5-9-18-14-6-3-2-4-7-14/h2-4,6-7,10-12,17H,5,8-9H2,1H3. The summed E-state index contributed by atoms with van der Waals surface area (Å²) < 4.78 is 6.81. The smallest absolute Gasteiger partial charge is 0.119 e. The van der Waals surface area contributed by atoms with Crippen molar-refractivity contribution in [3.05, 3.63) is 51.1 Å². The molecule has 1 atom stereocenters. The van der Waals surface area contributed by atoms with E-state index in [1.54, 1.807) is 11.3 Å². The van der Waals surface area contributed by atoms with E-state index >= 15 is 0 Å². The molecule has 0 spiro atoms. The van der Waals surface area contributed by atoms with E-state index in [9.17, 15) is 0 Å². The molecule has 0 aliphatic heterocycles. The number of benzene rings is 1. The zero-order valence-corrected chi connectivity index (χ0v) is 13.3. The van der Waals surface area contributed by atoms with Crippen LogP contribution < -0.4 is 10.1 Å². The van der Waals surface area contributed by atoms with E-state index < -0.39 is 0 Å². The molecule has 0 radical (unpaired) electrons. The third-order valence-corrected chi connectivity index (χ3v) is 4.67. The maximum atomic E-state index is 5.65. The van der Waals surface area contributed by atoms with Crippen molar-refractivity contribution < 1.29 is 4.74 Å². The van der Waals surface area contributed by atoms with E-state index in [1.165, 1.54) is 4.88 Å². The van der Waals surface area contributed by atoms with Crippen LogP contribution in [0.3, 0.4) is 0 Å². The summed E-state index contributed by atoms with van der Waals surface area (Å²) in [5.41, 5.74) is 0. The Morgan fingerprint density at radius 1 is 1.32 bits per heavy atom. The lowest BCUT2D eigenvalue weighted by molar-refractivity contribution is 0.306. The molecule has 1 aromatic carbocycles. The Kier molecular flexibility index (Phi) is 5.89. The predicted molar refractivity (Wildman–Crippen MR) is 85.0 cm³/mol. The van der Waals surface area contributed by atoms with E-state index in [2.05, 4.69) is 39.6 Å².